The number of nitrogens with zero attached hydrogens (tertiary/aromatic N) is 2. The van der Waals surface area contributed by atoms with Crippen LogP contribution in [0, 0.1) is 6.92 Å². The van der Waals surface area contributed by atoms with Crippen molar-refractivity contribution in [3.8, 4) is 17.0 Å². The lowest BCUT2D eigenvalue weighted by Gasteiger charge is -2.13. The van der Waals surface area contributed by atoms with Gasteiger partial charge in [0.15, 0.2) is 5.13 Å². The summed E-state index contributed by atoms with van der Waals surface area (Å²) in [6, 6.07) is 7.67. The number of hydrogen-bond donors (Lipinski definition) is 1. The van der Waals surface area contributed by atoms with E-state index in [0.717, 1.165) is 34.2 Å². The molecule has 0 bridgehead atoms. The fourth-order valence-electron chi connectivity index (χ4n) is 2.51. The maximum absolute atomic E-state index is 12.1. The quantitative estimate of drug-likeness (QED) is 0.832. The van der Waals surface area contributed by atoms with Crippen molar-refractivity contribution in [3.05, 3.63) is 29.1 Å². The summed E-state index contributed by atoms with van der Waals surface area (Å²) in [6.07, 6.45) is 0.281. The molecule has 25 heavy (non-hydrogen) atoms. The first kappa shape index (κ1) is 17.8. The molecule has 0 aliphatic carbocycles. The van der Waals surface area contributed by atoms with Gasteiger partial charge >= 0.3 is 0 Å². The second-order valence-electron chi connectivity index (χ2n) is 5.55. The Bertz CT molecular complexity index is 774. The highest BCUT2D eigenvalue weighted by Gasteiger charge is 2.21. The number of aromatic nitrogens is 1. The summed E-state index contributed by atoms with van der Waals surface area (Å²) < 4.78 is 5.17. The molecule has 0 atom stereocenters. The monoisotopic (exact) mass is 377 g/mol. The van der Waals surface area contributed by atoms with E-state index in [9.17, 15) is 9.59 Å². The number of aryl methyl sites for hydroxylation is 1. The van der Waals surface area contributed by atoms with Gasteiger partial charge in [0.1, 0.15) is 5.75 Å². The molecule has 6 nitrogen and oxygen atoms in total. The van der Waals surface area contributed by atoms with Crippen molar-refractivity contribution >= 4 is 39.4 Å². The highest BCUT2D eigenvalue weighted by molar-refractivity contribution is 8.13. The van der Waals surface area contributed by atoms with Crippen molar-refractivity contribution < 1.29 is 14.3 Å². The van der Waals surface area contributed by atoms with Crippen molar-refractivity contribution in [2.75, 3.05) is 31.3 Å². The first-order valence-corrected chi connectivity index (χ1v) is 9.70. The maximum Gasteiger partial charge on any atom is 0.281 e. The van der Waals surface area contributed by atoms with Gasteiger partial charge in [0.25, 0.3) is 5.24 Å². The number of thiazole rings is 1. The van der Waals surface area contributed by atoms with Crippen LogP contribution in [0.25, 0.3) is 11.3 Å². The van der Waals surface area contributed by atoms with Crippen LogP contribution in [-0.2, 0) is 4.79 Å². The molecule has 2 heterocycles. The van der Waals surface area contributed by atoms with Gasteiger partial charge in [0, 0.05) is 35.7 Å². The topological polar surface area (TPSA) is 71.5 Å². The number of carbonyl (C=O) groups excluding carboxylic acids is 2. The van der Waals surface area contributed by atoms with Crippen LogP contribution in [0.1, 0.15) is 11.3 Å². The summed E-state index contributed by atoms with van der Waals surface area (Å²) in [5, 5.41) is 3.47. The van der Waals surface area contributed by atoms with E-state index in [4.69, 9.17) is 4.74 Å². The number of amides is 2. The van der Waals surface area contributed by atoms with Crippen LogP contribution in [0.5, 0.6) is 5.75 Å². The molecule has 2 amide bonds. The summed E-state index contributed by atoms with van der Waals surface area (Å²) in [5.41, 5.74) is 1.84. The summed E-state index contributed by atoms with van der Waals surface area (Å²) in [4.78, 5) is 30.9. The fourth-order valence-corrected chi connectivity index (χ4v) is 4.22. The Balaban J connectivity index is 1.61. The van der Waals surface area contributed by atoms with Crippen LogP contribution < -0.4 is 10.1 Å². The Morgan fingerprint density at radius 2 is 2.12 bits per heavy atom. The van der Waals surface area contributed by atoms with E-state index in [1.54, 1.807) is 12.0 Å². The fraction of sp³-hybridized carbons (Fsp3) is 0.353. The molecule has 0 radical (unpaired) electrons. The minimum Gasteiger partial charge on any atom is -0.497 e. The molecule has 1 aliphatic rings. The normalized spacial score (nSPS) is 14.0. The Morgan fingerprint density at radius 1 is 1.36 bits per heavy atom. The minimum atomic E-state index is -0.125. The Hall–Kier alpha value is -2.06. The van der Waals surface area contributed by atoms with Gasteiger partial charge in [0.05, 0.1) is 12.8 Å². The molecule has 2 aromatic rings. The molecule has 1 N–H and O–H groups in total. The van der Waals surface area contributed by atoms with Crippen LogP contribution in [-0.4, -0.2) is 47.0 Å². The van der Waals surface area contributed by atoms with Crippen LogP contribution >= 0.6 is 23.1 Å². The lowest BCUT2D eigenvalue weighted by molar-refractivity contribution is -0.116. The van der Waals surface area contributed by atoms with Crippen molar-refractivity contribution in [1.29, 1.82) is 0 Å². The highest BCUT2D eigenvalue weighted by atomic mass is 32.2. The van der Waals surface area contributed by atoms with E-state index in [0.29, 0.717) is 11.7 Å². The van der Waals surface area contributed by atoms with Gasteiger partial charge in [-0.15, -0.1) is 11.3 Å². The molecular weight excluding hydrogens is 358 g/mol. The predicted octanol–water partition coefficient (Wildman–Crippen LogP) is 3.62. The molecular formula is C17H19N3O3S2. The molecule has 1 fully saturated rings. The number of thioether (sulfide) groups is 1. The standard InChI is InChI=1S/C17H19N3O3S2/c1-11-15(12-3-5-13(23-2)6-4-12)19-16(25-11)18-14(21)7-8-20-9-10-24-17(20)22/h3-6H,7-10H2,1-2H3,(H,18,19,21). The Kier molecular flexibility index (Phi) is 5.60. The number of ether oxygens (including phenoxy) is 1. The first-order valence-electron chi connectivity index (χ1n) is 7.90. The van der Waals surface area contributed by atoms with Crippen LogP contribution in [0.4, 0.5) is 9.93 Å². The lowest BCUT2D eigenvalue weighted by atomic mass is 10.1. The average molecular weight is 377 g/mol. The third-order valence-electron chi connectivity index (χ3n) is 3.86. The number of carbonyl (C=O) groups is 2. The van der Waals surface area contributed by atoms with Gasteiger partial charge in [0.2, 0.25) is 5.91 Å². The van der Waals surface area contributed by atoms with Gasteiger partial charge in [-0.3, -0.25) is 9.59 Å². The van der Waals surface area contributed by atoms with E-state index in [-0.39, 0.29) is 17.6 Å². The zero-order chi connectivity index (χ0) is 17.8. The van der Waals surface area contributed by atoms with E-state index in [1.807, 2.05) is 31.2 Å². The largest absolute Gasteiger partial charge is 0.497 e. The minimum absolute atomic E-state index is 0.0553. The van der Waals surface area contributed by atoms with Crippen molar-refractivity contribution in [2.24, 2.45) is 0 Å². The SMILES string of the molecule is COc1ccc(-c2nc(NC(=O)CCN3CCSC3=O)sc2C)cc1. The van der Waals surface area contributed by atoms with E-state index in [2.05, 4.69) is 10.3 Å². The third kappa shape index (κ3) is 4.32. The number of rotatable bonds is 6. The highest BCUT2D eigenvalue weighted by Crippen LogP contribution is 2.31. The van der Waals surface area contributed by atoms with E-state index < -0.39 is 0 Å². The van der Waals surface area contributed by atoms with Gasteiger partial charge in [-0.2, -0.15) is 0 Å². The summed E-state index contributed by atoms with van der Waals surface area (Å²) in [6.45, 7) is 3.15. The molecule has 1 aromatic carbocycles. The molecule has 1 aromatic heterocycles. The second-order valence-corrected chi connectivity index (χ2v) is 7.80. The maximum atomic E-state index is 12.1. The number of methoxy groups -OCH3 is 1. The molecule has 1 aliphatic heterocycles. The predicted molar refractivity (Wildman–Crippen MR) is 102 cm³/mol. The Labute approximate surface area is 154 Å². The van der Waals surface area contributed by atoms with Crippen molar-refractivity contribution in [3.63, 3.8) is 0 Å². The Morgan fingerprint density at radius 3 is 2.76 bits per heavy atom. The van der Waals surface area contributed by atoms with Crippen LogP contribution in [0.3, 0.4) is 0 Å². The molecule has 0 spiro atoms. The summed E-state index contributed by atoms with van der Waals surface area (Å²) >= 11 is 2.75. The summed E-state index contributed by atoms with van der Waals surface area (Å²) in [5.74, 6) is 1.47. The first-order chi connectivity index (χ1) is 12.1. The van der Waals surface area contributed by atoms with Crippen LogP contribution in [0.15, 0.2) is 24.3 Å². The lowest BCUT2D eigenvalue weighted by Crippen LogP contribution is -2.27. The van der Waals surface area contributed by atoms with E-state index >= 15 is 0 Å². The molecule has 3 rings (SSSR count). The summed E-state index contributed by atoms with van der Waals surface area (Å²) in [7, 11) is 1.63. The number of nitrogens with one attached hydrogen (secondary N) is 1. The van der Waals surface area contributed by atoms with E-state index in [1.165, 1.54) is 23.1 Å². The van der Waals surface area contributed by atoms with Crippen molar-refractivity contribution in [2.45, 2.75) is 13.3 Å². The molecule has 132 valence electrons. The average Bonchev–Trinajstić information content (AvgIpc) is 3.18. The van der Waals surface area contributed by atoms with Gasteiger partial charge < -0.3 is 15.0 Å². The van der Waals surface area contributed by atoms with Crippen molar-refractivity contribution in [1.82, 2.24) is 9.88 Å². The molecule has 0 unspecified atom stereocenters. The van der Waals surface area contributed by atoms with Gasteiger partial charge in [-0.05, 0) is 31.2 Å². The zero-order valence-electron chi connectivity index (χ0n) is 14.1. The number of benzene rings is 1. The molecule has 8 heteroatoms. The zero-order valence-corrected chi connectivity index (χ0v) is 15.7. The van der Waals surface area contributed by atoms with Gasteiger partial charge in [-0.1, -0.05) is 11.8 Å². The van der Waals surface area contributed by atoms with Crippen LogP contribution in [0.2, 0.25) is 0 Å². The smallest absolute Gasteiger partial charge is 0.281 e. The van der Waals surface area contributed by atoms with Gasteiger partial charge in [-0.25, -0.2) is 4.98 Å². The molecule has 1 saturated heterocycles. The second kappa shape index (κ2) is 7.88. The third-order valence-corrected chi connectivity index (χ3v) is 5.64. The number of anilines is 1. The number of hydrogen-bond acceptors (Lipinski definition) is 6. The molecule has 0 saturated carbocycles.